The summed E-state index contributed by atoms with van der Waals surface area (Å²) in [5, 5.41) is 16.9. The summed E-state index contributed by atoms with van der Waals surface area (Å²) in [7, 11) is 2.54. The van der Waals surface area contributed by atoms with Crippen molar-refractivity contribution in [2.45, 2.75) is 83.4 Å². The van der Waals surface area contributed by atoms with Crippen molar-refractivity contribution in [3.63, 3.8) is 0 Å². The molecule has 3 atom stereocenters. The number of benzene rings is 1. The van der Waals surface area contributed by atoms with Crippen molar-refractivity contribution in [3.05, 3.63) is 35.9 Å². The average molecular weight is 493 g/mol. The van der Waals surface area contributed by atoms with E-state index in [1.165, 1.54) is 14.2 Å². The maximum atomic E-state index is 12.5. The van der Waals surface area contributed by atoms with Gasteiger partial charge in [-0.05, 0) is 37.2 Å². The zero-order valence-corrected chi connectivity index (χ0v) is 21.2. The van der Waals surface area contributed by atoms with Gasteiger partial charge in [-0.15, -0.1) is 0 Å². The molecule has 0 aromatic heterocycles. The molecule has 9 nitrogen and oxygen atoms in total. The molecule has 1 aromatic carbocycles. The molecule has 0 spiro atoms. The fourth-order valence-corrected chi connectivity index (χ4v) is 3.60. The minimum Gasteiger partial charge on any atom is -0.469 e. The smallest absolute Gasteiger partial charge is 0.306 e. The van der Waals surface area contributed by atoms with Crippen LogP contribution in [0.3, 0.4) is 0 Å². The van der Waals surface area contributed by atoms with Crippen LogP contribution < -0.4 is 10.6 Å². The first-order valence-electron chi connectivity index (χ1n) is 12.1. The van der Waals surface area contributed by atoms with E-state index in [-0.39, 0.29) is 50.0 Å². The molecule has 0 saturated heterocycles. The molecule has 0 aliphatic heterocycles. The molecule has 0 radical (unpaired) electrons. The number of rotatable bonds is 16. The molecule has 9 heteroatoms. The molecule has 0 unspecified atom stereocenters. The third-order valence-electron chi connectivity index (χ3n) is 5.66. The quantitative estimate of drug-likeness (QED) is 0.302. The van der Waals surface area contributed by atoms with E-state index in [4.69, 9.17) is 0 Å². The standard InChI is InChI=1S/C26H40N2O7/c1-18(2)10-11-20(27-23(30)12-14-25(32)34-3)17-22(29)21(16-19-8-6-5-7-9-19)28-24(31)13-15-26(33)35-4/h5-9,18,20-22,29H,10-17H2,1-4H3,(H,27,30)(H,28,31)/t20-,21-,22-/m0/s1. The largest absolute Gasteiger partial charge is 0.469 e. The van der Waals surface area contributed by atoms with Crippen LogP contribution >= 0.6 is 0 Å². The zero-order chi connectivity index (χ0) is 26.2. The molecule has 1 rings (SSSR count). The maximum Gasteiger partial charge on any atom is 0.306 e. The SMILES string of the molecule is COC(=O)CCC(=O)N[C@@H](CCC(C)C)C[C@H](O)[C@H](Cc1ccccc1)NC(=O)CCC(=O)OC. The molecule has 196 valence electrons. The number of nitrogens with one attached hydrogen (secondary N) is 2. The van der Waals surface area contributed by atoms with E-state index in [0.717, 1.165) is 12.0 Å². The molecule has 0 aliphatic rings. The number of aliphatic hydroxyl groups is 1. The Hall–Kier alpha value is -2.94. The molecule has 0 fully saturated rings. The number of ether oxygens (including phenoxy) is 2. The zero-order valence-electron chi connectivity index (χ0n) is 21.2. The van der Waals surface area contributed by atoms with Crippen molar-refractivity contribution >= 4 is 23.8 Å². The molecule has 2 amide bonds. The number of carbonyl (C=O) groups excluding carboxylic acids is 4. The van der Waals surface area contributed by atoms with Crippen LogP contribution in [0, 0.1) is 5.92 Å². The molecule has 0 heterocycles. The first-order chi connectivity index (χ1) is 16.6. The highest BCUT2D eigenvalue weighted by Crippen LogP contribution is 2.16. The number of amides is 2. The average Bonchev–Trinajstić information content (AvgIpc) is 2.84. The monoisotopic (exact) mass is 492 g/mol. The van der Waals surface area contributed by atoms with Crippen LogP contribution in [-0.4, -0.2) is 61.3 Å². The van der Waals surface area contributed by atoms with Gasteiger partial charge in [0, 0.05) is 18.9 Å². The molecular weight excluding hydrogens is 452 g/mol. The number of hydrogen-bond donors (Lipinski definition) is 3. The third-order valence-corrected chi connectivity index (χ3v) is 5.66. The first-order valence-corrected chi connectivity index (χ1v) is 12.1. The molecule has 0 bridgehead atoms. The summed E-state index contributed by atoms with van der Waals surface area (Å²) in [6.07, 6.45) is 1.03. The lowest BCUT2D eigenvalue weighted by molar-refractivity contribution is -0.142. The molecule has 35 heavy (non-hydrogen) atoms. The minimum atomic E-state index is -0.949. The second-order valence-electron chi connectivity index (χ2n) is 9.05. The minimum absolute atomic E-state index is 0.00133. The summed E-state index contributed by atoms with van der Waals surface area (Å²) in [6.45, 7) is 4.15. The van der Waals surface area contributed by atoms with E-state index in [9.17, 15) is 24.3 Å². The lowest BCUT2D eigenvalue weighted by Gasteiger charge is -2.29. The molecule has 3 N–H and O–H groups in total. The normalized spacial score (nSPS) is 13.4. The number of aliphatic hydroxyl groups excluding tert-OH is 1. The Bertz CT molecular complexity index is 798. The fraction of sp³-hybridized carbons (Fsp3) is 0.615. The number of hydrogen-bond acceptors (Lipinski definition) is 7. The maximum absolute atomic E-state index is 12.5. The second-order valence-corrected chi connectivity index (χ2v) is 9.05. The van der Waals surface area contributed by atoms with Gasteiger partial charge in [0.15, 0.2) is 0 Å². The Kier molecular flexibility index (Phi) is 14.3. The number of carbonyl (C=O) groups is 4. The van der Waals surface area contributed by atoms with Gasteiger partial charge >= 0.3 is 11.9 Å². The summed E-state index contributed by atoms with van der Waals surface area (Å²) in [4.78, 5) is 47.6. The van der Waals surface area contributed by atoms with Crippen LogP contribution in [0.5, 0.6) is 0 Å². The van der Waals surface area contributed by atoms with Gasteiger partial charge in [0.05, 0.1) is 39.2 Å². The van der Waals surface area contributed by atoms with Gasteiger partial charge in [0.1, 0.15) is 0 Å². The predicted octanol–water partition coefficient (Wildman–Crippen LogP) is 2.29. The lowest BCUT2D eigenvalue weighted by Crippen LogP contribution is -2.48. The van der Waals surface area contributed by atoms with E-state index >= 15 is 0 Å². The van der Waals surface area contributed by atoms with Gasteiger partial charge in [-0.2, -0.15) is 0 Å². The Labute approximate surface area is 207 Å². The highest BCUT2D eigenvalue weighted by atomic mass is 16.5. The molecule has 1 aromatic rings. The van der Waals surface area contributed by atoms with E-state index < -0.39 is 24.1 Å². The Morgan fingerprint density at radius 3 is 1.89 bits per heavy atom. The summed E-state index contributed by atoms with van der Waals surface area (Å²) < 4.78 is 9.18. The topological polar surface area (TPSA) is 131 Å². The first kappa shape index (κ1) is 30.1. The van der Waals surface area contributed by atoms with Crippen LogP contribution in [0.4, 0.5) is 0 Å². The van der Waals surface area contributed by atoms with Gasteiger partial charge in [-0.25, -0.2) is 0 Å². The summed E-state index contributed by atoms with van der Waals surface area (Å²) in [5.74, 6) is -1.20. The van der Waals surface area contributed by atoms with Crippen LogP contribution in [0.15, 0.2) is 30.3 Å². The van der Waals surface area contributed by atoms with Crippen LogP contribution in [0.25, 0.3) is 0 Å². The second kappa shape index (κ2) is 16.6. The highest BCUT2D eigenvalue weighted by molar-refractivity contribution is 5.82. The molecular formula is C26H40N2O7. The summed E-state index contributed by atoms with van der Waals surface area (Å²) >= 11 is 0. The van der Waals surface area contributed by atoms with Crippen molar-refractivity contribution in [1.29, 1.82) is 0 Å². The van der Waals surface area contributed by atoms with E-state index in [0.29, 0.717) is 18.8 Å². The van der Waals surface area contributed by atoms with Gasteiger partial charge in [-0.1, -0.05) is 44.2 Å². The van der Waals surface area contributed by atoms with Gasteiger partial charge < -0.3 is 25.2 Å². The van der Waals surface area contributed by atoms with Crippen LogP contribution in [0.1, 0.15) is 64.4 Å². The Balaban J connectivity index is 2.89. The fourth-order valence-electron chi connectivity index (χ4n) is 3.60. The van der Waals surface area contributed by atoms with Crippen molar-refractivity contribution in [2.75, 3.05) is 14.2 Å². The van der Waals surface area contributed by atoms with Crippen molar-refractivity contribution in [2.24, 2.45) is 5.92 Å². The summed E-state index contributed by atoms with van der Waals surface area (Å²) in [5.41, 5.74) is 0.936. The van der Waals surface area contributed by atoms with Crippen LogP contribution in [-0.2, 0) is 35.1 Å². The van der Waals surface area contributed by atoms with Gasteiger partial charge in [0.2, 0.25) is 11.8 Å². The van der Waals surface area contributed by atoms with Crippen molar-refractivity contribution in [3.8, 4) is 0 Å². The lowest BCUT2D eigenvalue weighted by atomic mass is 9.93. The highest BCUT2D eigenvalue weighted by Gasteiger charge is 2.26. The number of methoxy groups -OCH3 is 2. The number of esters is 2. The van der Waals surface area contributed by atoms with Crippen molar-refractivity contribution < 1.29 is 33.8 Å². The Morgan fingerprint density at radius 2 is 1.37 bits per heavy atom. The van der Waals surface area contributed by atoms with E-state index in [1.807, 2.05) is 30.3 Å². The Morgan fingerprint density at radius 1 is 0.829 bits per heavy atom. The van der Waals surface area contributed by atoms with Crippen molar-refractivity contribution in [1.82, 2.24) is 10.6 Å². The third kappa shape index (κ3) is 13.5. The van der Waals surface area contributed by atoms with Crippen LogP contribution in [0.2, 0.25) is 0 Å². The summed E-state index contributed by atoms with van der Waals surface area (Å²) in [6, 6.07) is 8.51. The molecule has 0 saturated carbocycles. The van der Waals surface area contributed by atoms with Gasteiger partial charge in [-0.3, -0.25) is 19.2 Å². The van der Waals surface area contributed by atoms with E-state index in [1.54, 1.807) is 0 Å². The van der Waals surface area contributed by atoms with E-state index in [2.05, 4.69) is 34.0 Å². The molecule has 0 aliphatic carbocycles. The predicted molar refractivity (Wildman–Crippen MR) is 131 cm³/mol. The van der Waals surface area contributed by atoms with Gasteiger partial charge in [0.25, 0.3) is 0 Å².